The summed E-state index contributed by atoms with van der Waals surface area (Å²) in [5.74, 6) is -7.28. The minimum Gasteiger partial charge on any atom is -0.503 e. The number of nitrogens with one attached hydrogen (secondary N) is 1. The number of anilines is 1. The fourth-order valence-electron chi connectivity index (χ4n) is 1.60. The van der Waals surface area contributed by atoms with E-state index in [2.05, 4.69) is 26.2 Å². The summed E-state index contributed by atoms with van der Waals surface area (Å²) in [7, 11) is 0. The van der Waals surface area contributed by atoms with Gasteiger partial charge in [-0.3, -0.25) is 4.79 Å². The Labute approximate surface area is 125 Å². The number of nitrogens with zero attached hydrogens (tertiary/aromatic N) is 1. The van der Waals surface area contributed by atoms with Gasteiger partial charge in [-0.1, -0.05) is 0 Å². The molecule has 1 aromatic heterocycles. The molecule has 2 aromatic rings. The van der Waals surface area contributed by atoms with Crippen LogP contribution in [-0.4, -0.2) is 16.0 Å². The standard InChI is InChI=1S/C13H8BrF3N2O2/c1-5-2-6(14)4-18-12(5)19-13(21)7-3-8(15)10(17)11(20)9(7)16/h2-4,20H,1H3,(H,18,19,21). The molecule has 0 radical (unpaired) electrons. The fourth-order valence-corrected chi connectivity index (χ4v) is 2.05. The Morgan fingerprint density at radius 3 is 2.57 bits per heavy atom. The first-order valence-corrected chi connectivity index (χ1v) is 6.40. The molecule has 0 spiro atoms. The zero-order valence-electron chi connectivity index (χ0n) is 10.5. The lowest BCUT2D eigenvalue weighted by molar-refractivity contribution is 0.102. The number of carbonyl (C=O) groups is 1. The van der Waals surface area contributed by atoms with E-state index in [1.54, 1.807) is 13.0 Å². The first-order valence-electron chi connectivity index (χ1n) is 5.61. The number of amides is 1. The van der Waals surface area contributed by atoms with Crippen molar-refractivity contribution in [3.05, 3.63) is 51.4 Å². The molecule has 0 saturated carbocycles. The van der Waals surface area contributed by atoms with E-state index >= 15 is 0 Å². The molecular weight excluding hydrogens is 353 g/mol. The average Bonchev–Trinajstić information content (AvgIpc) is 2.43. The van der Waals surface area contributed by atoms with Gasteiger partial charge in [-0.15, -0.1) is 0 Å². The Morgan fingerprint density at radius 2 is 1.95 bits per heavy atom. The van der Waals surface area contributed by atoms with E-state index in [1.807, 2.05) is 0 Å². The number of rotatable bonds is 2. The summed E-state index contributed by atoms with van der Waals surface area (Å²) in [5.41, 5.74) is -0.250. The number of hydrogen-bond acceptors (Lipinski definition) is 3. The molecule has 0 aliphatic rings. The quantitative estimate of drug-likeness (QED) is 0.805. The second-order valence-corrected chi connectivity index (χ2v) is 5.07. The number of halogens is 4. The number of aryl methyl sites for hydroxylation is 1. The van der Waals surface area contributed by atoms with Crippen LogP contribution in [0.1, 0.15) is 15.9 Å². The lowest BCUT2D eigenvalue weighted by atomic mass is 10.1. The van der Waals surface area contributed by atoms with E-state index in [-0.39, 0.29) is 5.82 Å². The zero-order chi connectivity index (χ0) is 15.7. The molecule has 0 bridgehead atoms. The summed E-state index contributed by atoms with van der Waals surface area (Å²) in [4.78, 5) is 15.8. The van der Waals surface area contributed by atoms with Crippen molar-refractivity contribution in [2.24, 2.45) is 0 Å². The van der Waals surface area contributed by atoms with Crippen molar-refractivity contribution >= 4 is 27.7 Å². The van der Waals surface area contributed by atoms with Crippen molar-refractivity contribution < 1.29 is 23.1 Å². The summed E-state index contributed by atoms with van der Waals surface area (Å²) < 4.78 is 40.4. The number of phenolic OH excluding ortho intramolecular Hbond substituents is 1. The Balaban J connectivity index is 2.37. The van der Waals surface area contributed by atoms with Crippen LogP contribution in [0.4, 0.5) is 19.0 Å². The minimum atomic E-state index is -1.75. The summed E-state index contributed by atoms with van der Waals surface area (Å²) in [6.45, 7) is 1.65. The van der Waals surface area contributed by atoms with Crippen molar-refractivity contribution in [1.82, 2.24) is 4.98 Å². The monoisotopic (exact) mass is 360 g/mol. The van der Waals surface area contributed by atoms with E-state index in [0.29, 0.717) is 16.1 Å². The number of aromatic hydroxyl groups is 1. The van der Waals surface area contributed by atoms with E-state index in [1.165, 1.54) is 6.20 Å². The summed E-state index contributed by atoms with van der Waals surface area (Å²) in [6, 6.07) is 2.02. The van der Waals surface area contributed by atoms with Crippen molar-refractivity contribution in [2.45, 2.75) is 6.92 Å². The SMILES string of the molecule is Cc1cc(Br)cnc1NC(=O)c1cc(F)c(F)c(O)c1F. The molecule has 0 aliphatic heterocycles. The Bertz CT molecular complexity index is 738. The minimum absolute atomic E-state index is 0.131. The molecule has 1 heterocycles. The van der Waals surface area contributed by atoms with Gasteiger partial charge in [0.15, 0.2) is 17.4 Å². The van der Waals surface area contributed by atoms with Crippen LogP contribution in [0, 0.1) is 24.4 Å². The highest BCUT2D eigenvalue weighted by Gasteiger charge is 2.23. The van der Waals surface area contributed by atoms with Gasteiger partial charge in [-0.25, -0.2) is 13.8 Å². The smallest absolute Gasteiger partial charge is 0.260 e. The molecule has 8 heteroatoms. The van der Waals surface area contributed by atoms with Crippen molar-refractivity contribution in [3.63, 3.8) is 0 Å². The maximum atomic E-state index is 13.6. The molecule has 1 amide bonds. The van der Waals surface area contributed by atoms with Gasteiger partial charge in [0, 0.05) is 10.7 Å². The topological polar surface area (TPSA) is 62.2 Å². The second kappa shape index (κ2) is 5.72. The van der Waals surface area contributed by atoms with Gasteiger partial charge in [-0.05, 0) is 40.5 Å². The highest BCUT2D eigenvalue weighted by molar-refractivity contribution is 9.10. The number of carbonyl (C=O) groups excluding carboxylic acids is 1. The highest BCUT2D eigenvalue weighted by atomic mass is 79.9. The lowest BCUT2D eigenvalue weighted by Crippen LogP contribution is -2.16. The van der Waals surface area contributed by atoms with Crippen LogP contribution in [-0.2, 0) is 0 Å². The predicted molar refractivity (Wildman–Crippen MR) is 72.6 cm³/mol. The second-order valence-electron chi connectivity index (χ2n) is 4.16. The Morgan fingerprint density at radius 1 is 1.29 bits per heavy atom. The van der Waals surface area contributed by atoms with Crippen molar-refractivity contribution in [2.75, 3.05) is 5.32 Å². The number of hydrogen-bond donors (Lipinski definition) is 2. The molecule has 0 fully saturated rings. The molecule has 2 N–H and O–H groups in total. The van der Waals surface area contributed by atoms with Gasteiger partial charge in [0.2, 0.25) is 5.82 Å². The van der Waals surface area contributed by atoms with Crippen molar-refractivity contribution in [1.29, 1.82) is 0 Å². The molecule has 0 atom stereocenters. The summed E-state index contributed by atoms with van der Waals surface area (Å²) in [6.07, 6.45) is 1.40. The third kappa shape index (κ3) is 2.99. The molecule has 2 rings (SSSR count). The normalized spacial score (nSPS) is 10.5. The third-order valence-electron chi connectivity index (χ3n) is 2.65. The van der Waals surface area contributed by atoms with E-state index < -0.39 is 34.7 Å². The van der Waals surface area contributed by atoms with Crippen LogP contribution in [0.3, 0.4) is 0 Å². The molecule has 21 heavy (non-hydrogen) atoms. The zero-order valence-corrected chi connectivity index (χ0v) is 12.1. The van der Waals surface area contributed by atoms with Crippen LogP contribution in [0.25, 0.3) is 0 Å². The maximum absolute atomic E-state index is 13.6. The lowest BCUT2D eigenvalue weighted by Gasteiger charge is -2.09. The predicted octanol–water partition coefficient (Wildman–Crippen LogP) is 3.53. The van der Waals surface area contributed by atoms with Crippen LogP contribution >= 0.6 is 15.9 Å². The molecular formula is C13H8BrF3N2O2. The van der Waals surface area contributed by atoms with Gasteiger partial charge >= 0.3 is 0 Å². The first kappa shape index (κ1) is 15.3. The van der Waals surface area contributed by atoms with Crippen LogP contribution in [0.15, 0.2) is 22.8 Å². The third-order valence-corrected chi connectivity index (χ3v) is 3.09. The molecule has 0 unspecified atom stereocenters. The first-order chi connectivity index (χ1) is 9.81. The van der Waals surface area contributed by atoms with Gasteiger partial charge < -0.3 is 10.4 Å². The molecule has 0 saturated heterocycles. The van der Waals surface area contributed by atoms with Gasteiger partial charge in [-0.2, -0.15) is 4.39 Å². The summed E-state index contributed by atoms with van der Waals surface area (Å²) >= 11 is 3.19. The van der Waals surface area contributed by atoms with Gasteiger partial charge in [0.25, 0.3) is 5.91 Å². The molecule has 1 aromatic carbocycles. The van der Waals surface area contributed by atoms with E-state index in [4.69, 9.17) is 5.11 Å². The van der Waals surface area contributed by atoms with Crippen LogP contribution < -0.4 is 5.32 Å². The number of benzene rings is 1. The van der Waals surface area contributed by atoms with E-state index in [0.717, 1.165) is 0 Å². The number of phenols is 1. The van der Waals surface area contributed by atoms with Gasteiger partial charge in [0.05, 0.1) is 5.56 Å². The maximum Gasteiger partial charge on any atom is 0.260 e. The fraction of sp³-hybridized carbons (Fsp3) is 0.0769. The average molecular weight is 361 g/mol. The summed E-state index contributed by atoms with van der Waals surface area (Å²) in [5, 5.41) is 11.3. The van der Waals surface area contributed by atoms with Crippen LogP contribution in [0.2, 0.25) is 0 Å². The van der Waals surface area contributed by atoms with E-state index in [9.17, 15) is 18.0 Å². The van der Waals surface area contributed by atoms with Gasteiger partial charge in [0.1, 0.15) is 5.82 Å². The highest BCUT2D eigenvalue weighted by Crippen LogP contribution is 2.26. The van der Waals surface area contributed by atoms with Crippen LogP contribution in [0.5, 0.6) is 5.75 Å². The number of pyridine rings is 1. The number of aromatic nitrogens is 1. The largest absolute Gasteiger partial charge is 0.503 e. The Hall–Kier alpha value is -2.09. The van der Waals surface area contributed by atoms with Crippen molar-refractivity contribution in [3.8, 4) is 5.75 Å². The molecule has 110 valence electrons. The molecule has 4 nitrogen and oxygen atoms in total. The molecule has 0 aliphatic carbocycles. The Kier molecular flexibility index (Phi) is 4.17.